The van der Waals surface area contributed by atoms with E-state index < -0.39 is 0 Å². The van der Waals surface area contributed by atoms with Crippen molar-refractivity contribution in [2.45, 2.75) is 51.1 Å². The molecule has 3 fully saturated rings. The Balaban J connectivity index is 1.56. The molecule has 3 rings (SSSR count). The van der Waals surface area contributed by atoms with Crippen molar-refractivity contribution in [3.63, 3.8) is 0 Å². The van der Waals surface area contributed by atoms with Crippen molar-refractivity contribution in [1.29, 1.82) is 0 Å². The van der Waals surface area contributed by atoms with E-state index in [0.29, 0.717) is 0 Å². The van der Waals surface area contributed by atoms with Gasteiger partial charge in [-0.1, -0.05) is 6.42 Å². The normalized spacial score (nSPS) is 47.0. The first kappa shape index (κ1) is 10.1. The lowest BCUT2D eigenvalue weighted by Gasteiger charge is -2.34. The van der Waals surface area contributed by atoms with Crippen molar-refractivity contribution in [3.8, 4) is 0 Å². The van der Waals surface area contributed by atoms with Gasteiger partial charge < -0.3 is 5.32 Å². The van der Waals surface area contributed by atoms with Crippen LogP contribution in [0.5, 0.6) is 0 Å². The third-order valence-electron chi connectivity index (χ3n) is 4.91. The molecule has 3 aliphatic rings. The molecule has 15 heavy (non-hydrogen) atoms. The fourth-order valence-corrected chi connectivity index (χ4v) is 3.86. The average Bonchev–Trinajstić information content (AvgIpc) is 2.78. The number of likely N-dealkylation sites (tertiary alicyclic amines) is 1. The summed E-state index contributed by atoms with van der Waals surface area (Å²) in [6, 6.07) is 1.61. The summed E-state index contributed by atoms with van der Waals surface area (Å²) in [5.41, 5.74) is 0. The molecule has 0 aromatic carbocycles. The Morgan fingerprint density at radius 1 is 1.00 bits per heavy atom. The van der Waals surface area contributed by atoms with Crippen molar-refractivity contribution in [2.24, 2.45) is 11.8 Å². The highest BCUT2D eigenvalue weighted by Crippen LogP contribution is 2.39. The van der Waals surface area contributed by atoms with Crippen LogP contribution in [0.15, 0.2) is 0 Å². The Labute approximate surface area is 93.4 Å². The van der Waals surface area contributed by atoms with Crippen LogP contribution in [0.3, 0.4) is 0 Å². The van der Waals surface area contributed by atoms with Crippen molar-refractivity contribution in [1.82, 2.24) is 10.2 Å². The van der Waals surface area contributed by atoms with Crippen LogP contribution in [0.2, 0.25) is 0 Å². The highest BCUT2D eigenvalue weighted by atomic mass is 15.2. The highest BCUT2D eigenvalue weighted by Gasteiger charge is 2.39. The van der Waals surface area contributed by atoms with E-state index in [1.165, 1.54) is 51.7 Å². The fourth-order valence-electron chi connectivity index (χ4n) is 3.86. The van der Waals surface area contributed by atoms with Crippen molar-refractivity contribution >= 4 is 0 Å². The summed E-state index contributed by atoms with van der Waals surface area (Å²) in [4.78, 5) is 2.79. The molecule has 2 aliphatic heterocycles. The van der Waals surface area contributed by atoms with Gasteiger partial charge in [0.1, 0.15) is 0 Å². The van der Waals surface area contributed by atoms with Gasteiger partial charge in [-0.25, -0.2) is 0 Å². The van der Waals surface area contributed by atoms with Crippen molar-refractivity contribution < 1.29 is 0 Å². The van der Waals surface area contributed by atoms with Gasteiger partial charge in [0.05, 0.1) is 0 Å². The Kier molecular flexibility index (Phi) is 2.73. The summed E-state index contributed by atoms with van der Waals surface area (Å²) in [6.07, 6.45) is 7.32. The zero-order valence-electron chi connectivity index (χ0n) is 9.91. The summed E-state index contributed by atoms with van der Waals surface area (Å²) in [5.74, 6) is 2.12. The molecule has 0 aromatic rings. The summed E-state index contributed by atoms with van der Waals surface area (Å²) in [7, 11) is 0. The van der Waals surface area contributed by atoms with Gasteiger partial charge >= 0.3 is 0 Å². The number of nitrogens with zero attached hydrogens (tertiary/aromatic N) is 1. The molecule has 0 bridgehead atoms. The maximum absolute atomic E-state index is 3.63. The van der Waals surface area contributed by atoms with Crippen LogP contribution in [0.1, 0.15) is 39.0 Å². The molecule has 4 atom stereocenters. The molecule has 0 amide bonds. The maximum Gasteiger partial charge on any atom is 0.0221 e. The first-order valence-electron chi connectivity index (χ1n) is 6.80. The summed E-state index contributed by atoms with van der Waals surface area (Å²) in [6.45, 7) is 6.37. The predicted octanol–water partition coefficient (Wildman–Crippen LogP) is 1.86. The van der Waals surface area contributed by atoms with Crippen molar-refractivity contribution in [2.75, 3.05) is 19.6 Å². The molecule has 2 heteroatoms. The molecule has 4 unspecified atom stereocenters. The van der Waals surface area contributed by atoms with E-state index in [9.17, 15) is 0 Å². The minimum absolute atomic E-state index is 0.753. The van der Waals surface area contributed by atoms with Crippen molar-refractivity contribution in [3.05, 3.63) is 0 Å². The van der Waals surface area contributed by atoms with Crippen LogP contribution in [0.25, 0.3) is 0 Å². The van der Waals surface area contributed by atoms with Gasteiger partial charge in [-0.3, -0.25) is 4.90 Å². The molecule has 2 saturated heterocycles. The minimum Gasteiger partial charge on any atom is -0.313 e. The molecule has 86 valence electrons. The van der Waals surface area contributed by atoms with E-state index in [-0.39, 0.29) is 0 Å². The van der Waals surface area contributed by atoms with Gasteiger partial charge in [-0.2, -0.15) is 0 Å². The topological polar surface area (TPSA) is 15.3 Å². The number of hydrogen-bond acceptors (Lipinski definition) is 2. The van der Waals surface area contributed by atoms with Gasteiger partial charge in [0, 0.05) is 31.7 Å². The summed E-state index contributed by atoms with van der Waals surface area (Å²) < 4.78 is 0. The molecule has 0 aromatic heterocycles. The third kappa shape index (κ3) is 1.94. The zero-order chi connectivity index (χ0) is 10.3. The standard InChI is InChI=1S/C13H24N2/c1-10-5-6-13(7-14-10)15-8-11-3-2-4-12(11)9-15/h10-14H,2-9H2,1H3. The fraction of sp³-hybridized carbons (Fsp3) is 1.00. The molecule has 1 N–H and O–H groups in total. The average molecular weight is 208 g/mol. The lowest BCUT2D eigenvalue weighted by Crippen LogP contribution is -2.48. The Hall–Kier alpha value is -0.0800. The summed E-state index contributed by atoms with van der Waals surface area (Å²) in [5, 5.41) is 3.63. The SMILES string of the molecule is CC1CCC(N2CC3CCCC3C2)CN1. The molecule has 2 heterocycles. The number of rotatable bonds is 1. The zero-order valence-corrected chi connectivity index (χ0v) is 9.91. The van der Waals surface area contributed by atoms with Gasteiger partial charge in [-0.15, -0.1) is 0 Å². The van der Waals surface area contributed by atoms with E-state index in [0.717, 1.165) is 23.9 Å². The second-order valence-corrected chi connectivity index (χ2v) is 5.95. The quantitative estimate of drug-likeness (QED) is 0.707. The largest absolute Gasteiger partial charge is 0.313 e. The Bertz CT molecular complexity index is 209. The molecule has 1 aliphatic carbocycles. The second-order valence-electron chi connectivity index (χ2n) is 5.95. The van der Waals surface area contributed by atoms with Gasteiger partial charge in [-0.05, 0) is 44.4 Å². The van der Waals surface area contributed by atoms with E-state index >= 15 is 0 Å². The third-order valence-corrected chi connectivity index (χ3v) is 4.91. The van der Waals surface area contributed by atoms with E-state index in [1.54, 1.807) is 0 Å². The van der Waals surface area contributed by atoms with Crippen LogP contribution in [-0.2, 0) is 0 Å². The van der Waals surface area contributed by atoms with E-state index in [2.05, 4.69) is 17.1 Å². The monoisotopic (exact) mass is 208 g/mol. The molecule has 2 nitrogen and oxygen atoms in total. The molecule has 1 saturated carbocycles. The van der Waals surface area contributed by atoms with Gasteiger partial charge in [0.25, 0.3) is 0 Å². The van der Waals surface area contributed by atoms with E-state index in [4.69, 9.17) is 0 Å². The number of piperidine rings is 1. The lowest BCUT2D eigenvalue weighted by atomic mass is 10.0. The smallest absolute Gasteiger partial charge is 0.0221 e. The first-order chi connectivity index (χ1) is 7.33. The molecule has 0 radical (unpaired) electrons. The second kappa shape index (κ2) is 4.06. The van der Waals surface area contributed by atoms with Gasteiger partial charge in [0.15, 0.2) is 0 Å². The Morgan fingerprint density at radius 2 is 1.73 bits per heavy atom. The van der Waals surface area contributed by atoms with Crippen LogP contribution in [0.4, 0.5) is 0 Å². The number of fused-ring (bicyclic) bond motifs is 1. The van der Waals surface area contributed by atoms with Crippen LogP contribution in [-0.4, -0.2) is 36.6 Å². The van der Waals surface area contributed by atoms with Crippen LogP contribution >= 0.6 is 0 Å². The highest BCUT2D eigenvalue weighted by molar-refractivity contribution is 4.93. The maximum atomic E-state index is 3.63. The first-order valence-corrected chi connectivity index (χ1v) is 6.80. The number of hydrogen-bond donors (Lipinski definition) is 1. The summed E-state index contributed by atoms with van der Waals surface area (Å²) >= 11 is 0. The molecule has 0 spiro atoms. The number of nitrogens with one attached hydrogen (secondary N) is 1. The van der Waals surface area contributed by atoms with E-state index in [1.807, 2.05) is 0 Å². The van der Waals surface area contributed by atoms with Crippen LogP contribution in [0, 0.1) is 11.8 Å². The minimum atomic E-state index is 0.753. The predicted molar refractivity (Wildman–Crippen MR) is 62.9 cm³/mol. The lowest BCUT2D eigenvalue weighted by molar-refractivity contribution is 0.175. The molecular weight excluding hydrogens is 184 g/mol. The van der Waals surface area contributed by atoms with Crippen LogP contribution < -0.4 is 5.32 Å². The Morgan fingerprint density at radius 3 is 2.33 bits per heavy atom. The molecular formula is C13H24N2. The van der Waals surface area contributed by atoms with Gasteiger partial charge in [0.2, 0.25) is 0 Å².